The van der Waals surface area contributed by atoms with Gasteiger partial charge in [-0.2, -0.15) is 0 Å². The molecule has 0 aliphatic heterocycles. The third-order valence-electron chi connectivity index (χ3n) is 7.85. The van der Waals surface area contributed by atoms with Gasteiger partial charge in [0.25, 0.3) is 0 Å². The van der Waals surface area contributed by atoms with Crippen molar-refractivity contribution in [1.82, 2.24) is 0 Å². The fraction of sp³-hybridized carbons (Fsp3) is 0.382. The lowest BCUT2D eigenvalue weighted by atomic mass is 9.61. The van der Waals surface area contributed by atoms with Crippen LogP contribution in [0.1, 0.15) is 60.4 Å². The first-order valence-electron chi connectivity index (χ1n) is 14.2. The number of benzene rings is 3. The van der Waals surface area contributed by atoms with E-state index in [1.165, 1.54) is 6.92 Å². The molecule has 216 valence electrons. The molecule has 0 aromatic heterocycles. The highest BCUT2D eigenvalue weighted by atomic mass is 16.5. The van der Waals surface area contributed by atoms with Crippen molar-refractivity contribution in [3.05, 3.63) is 88.5 Å². The topological polar surface area (TPSA) is 105 Å². The Hall–Kier alpha value is -3.97. The average Bonchev–Trinajstić information content (AvgIpc) is 2.90. The van der Waals surface area contributed by atoms with Crippen molar-refractivity contribution in [1.29, 1.82) is 0 Å². The minimum absolute atomic E-state index is 0.328. The lowest BCUT2D eigenvalue weighted by molar-refractivity contribution is -0.150. The molecule has 0 saturated heterocycles. The lowest BCUT2D eigenvalue weighted by Gasteiger charge is -2.44. The molecule has 4 unspecified atom stereocenters. The summed E-state index contributed by atoms with van der Waals surface area (Å²) in [6, 6.07) is 18.6. The Morgan fingerprint density at radius 3 is 2.07 bits per heavy atom. The van der Waals surface area contributed by atoms with Crippen molar-refractivity contribution < 1.29 is 24.2 Å². The quantitative estimate of drug-likeness (QED) is 0.294. The normalized spacial score (nSPS) is 22.2. The molecule has 7 nitrogen and oxygen atoms in total. The van der Waals surface area contributed by atoms with Crippen LogP contribution in [-0.2, 0) is 14.4 Å². The molecule has 1 aliphatic rings. The first-order chi connectivity index (χ1) is 19.4. The minimum atomic E-state index is -1.69. The standard InChI is InChI=1S/C34H40N2O5/c1-7-15-41-25-10-8-9-24(18-25)29-30(32(38)35-26-16-20(2)11-13-22(26)4)28(37)19-34(6,40)31(29)33(39)36-27-17-21(3)12-14-23(27)5/h8-14,16-18,29-31,40H,7,15,19H2,1-6H3,(H,35,38)(H,36,39). The van der Waals surface area contributed by atoms with Crippen molar-refractivity contribution in [2.24, 2.45) is 11.8 Å². The van der Waals surface area contributed by atoms with E-state index in [9.17, 15) is 19.5 Å². The smallest absolute Gasteiger partial charge is 0.235 e. The van der Waals surface area contributed by atoms with Crippen LogP contribution in [0, 0.1) is 39.5 Å². The molecular weight excluding hydrogens is 516 g/mol. The molecule has 4 atom stereocenters. The summed E-state index contributed by atoms with van der Waals surface area (Å²) in [6.07, 6.45) is 0.480. The van der Waals surface area contributed by atoms with Gasteiger partial charge in [-0.3, -0.25) is 14.4 Å². The number of aliphatic hydroxyl groups is 1. The van der Waals surface area contributed by atoms with Gasteiger partial charge in [-0.25, -0.2) is 0 Å². The van der Waals surface area contributed by atoms with E-state index in [2.05, 4.69) is 10.6 Å². The number of hydrogen-bond acceptors (Lipinski definition) is 5. The summed E-state index contributed by atoms with van der Waals surface area (Å²) in [6.45, 7) is 11.6. The molecular formula is C34H40N2O5. The number of anilines is 2. The fourth-order valence-corrected chi connectivity index (χ4v) is 5.69. The number of carbonyl (C=O) groups excluding carboxylic acids is 3. The first-order valence-corrected chi connectivity index (χ1v) is 14.2. The van der Waals surface area contributed by atoms with Crippen molar-refractivity contribution in [3.63, 3.8) is 0 Å². The third kappa shape index (κ3) is 6.68. The number of hydrogen-bond donors (Lipinski definition) is 3. The third-order valence-corrected chi connectivity index (χ3v) is 7.85. The highest BCUT2D eigenvalue weighted by molar-refractivity contribution is 6.10. The number of ketones is 1. The predicted molar refractivity (Wildman–Crippen MR) is 161 cm³/mol. The average molecular weight is 557 g/mol. The van der Waals surface area contributed by atoms with Crippen molar-refractivity contribution >= 4 is 29.0 Å². The van der Waals surface area contributed by atoms with Gasteiger partial charge >= 0.3 is 0 Å². The number of nitrogens with one attached hydrogen (secondary N) is 2. The van der Waals surface area contributed by atoms with Gasteiger partial charge in [0, 0.05) is 23.7 Å². The molecule has 0 heterocycles. The Morgan fingerprint density at radius 2 is 1.49 bits per heavy atom. The van der Waals surface area contributed by atoms with Crippen molar-refractivity contribution in [3.8, 4) is 5.75 Å². The summed E-state index contributed by atoms with van der Waals surface area (Å²) in [5.41, 5.74) is 3.77. The summed E-state index contributed by atoms with van der Waals surface area (Å²) in [4.78, 5) is 41.7. The van der Waals surface area contributed by atoms with Gasteiger partial charge in [0.05, 0.1) is 18.1 Å². The summed E-state index contributed by atoms with van der Waals surface area (Å²) in [5, 5.41) is 17.6. The van der Waals surface area contributed by atoms with E-state index in [1.807, 2.05) is 71.0 Å². The highest BCUT2D eigenvalue weighted by Gasteiger charge is 2.56. The van der Waals surface area contributed by atoms with Crippen LogP contribution in [0.4, 0.5) is 11.4 Å². The molecule has 4 rings (SSSR count). The van der Waals surface area contributed by atoms with Crippen LogP contribution >= 0.6 is 0 Å². The van der Waals surface area contributed by atoms with E-state index < -0.39 is 41.0 Å². The summed E-state index contributed by atoms with van der Waals surface area (Å²) < 4.78 is 5.86. The number of carbonyl (C=O) groups is 3. The van der Waals surface area contributed by atoms with E-state index in [4.69, 9.17) is 4.74 Å². The second-order valence-electron chi connectivity index (χ2n) is 11.5. The van der Waals surface area contributed by atoms with Crippen LogP contribution in [0.3, 0.4) is 0 Å². The van der Waals surface area contributed by atoms with Crippen LogP contribution in [0.2, 0.25) is 0 Å². The van der Waals surface area contributed by atoms with Crippen LogP contribution in [0.15, 0.2) is 60.7 Å². The summed E-state index contributed by atoms with van der Waals surface area (Å²) in [7, 11) is 0. The van der Waals surface area contributed by atoms with Crippen LogP contribution in [0.25, 0.3) is 0 Å². The maximum absolute atomic E-state index is 14.1. The SMILES string of the molecule is CCCOc1cccc(C2C(C(=O)Nc3cc(C)ccc3C)C(=O)CC(C)(O)C2C(=O)Nc2cc(C)ccc2C)c1. The van der Waals surface area contributed by atoms with E-state index in [1.54, 1.807) is 24.3 Å². The predicted octanol–water partition coefficient (Wildman–Crippen LogP) is 6.03. The molecule has 0 bridgehead atoms. The van der Waals surface area contributed by atoms with Crippen molar-refractivity contribution in [2.45, 2.75) is 65.9 Å². The first kappa shape index (κ1) is 30.0. The van der Waals surface area contributed by atoms with Gasteiger partial charge in [-0.15, -0.1) is 0 Å². The monoisotopic (exact) mass is 556 g/mol. The summed E-state index contributed by atoms with van der Waals surface area (Å²) >= 11 is 0. The van der Waals surface area contributed by atoms with E-state index in [0.29, 0.717) is 29.3 Å². The molecule has 41 heavy (non-hydrogen) atoms. The second kappa shape index (κ2) is 12.3. The Balaban J connectivity index is 1.81. The van der Waals surface area contributed by atoms with E-state index >= 15 is 0 Å². The zero-order chi connectivity index (χ0) is 29.9. The van der Waals surface area contributed by atoms with E-state index in [0.717, 1.165) is 28.7 Å². The maximum Gasteiger partial charge on any atom is 0.235 e. The Labute approximate surface area is 242 Å². The zero-order valence-electron chi connectivity index (χ0n) is 24.7. The number of ether oxygens (including phenoxy) is 1. The zero-order valence-corrected chi connectivity index (χ0v) is 24.7. The molecule has 3 aromatic rings. The van der Waals surface area contributed by atoms with Crippen LogP contribution in [-0.4, -0.2) is 34.9 Å². The summed E-state index contributed by atoms with van der Waals surface area (Å²) in [5.74, 6) is -4.05. The molecule has 7 heteroatoms. The van der Waals surface area contributed by atoms with Crippen LogP contribution < -0.4 is 15.4 Å². The van der Waals surface area contributed by atoms with Crippen molar-refractivity contribution in [2.75, 3.05) is 17.2 Å². The fourth-order valence-electron chi connectivity index (χ4n) is 5.69. The van der Waals surface area contributed by atoms with Gasteiger partial charge in [-0.1, -0.05) is 43.3 Å². The van der Waals surface area contributed by atoms with Gasteiger partial charge in [-0.05, 0) is 93.1 Å². The minimum Gasteiger partial charge on any atom is -0.494 e. The van der Waals surface area contributed by atoms with Gasteiger partial charge in [0.15, 0.2) is 0 Å². The Morgan fingerprint density at radius 1 is 0.902 bits per heavy atom. The number of Topliss-reactive ketones (excluding diaryl/α,β-unsaturated/α-hetero) is 1. The largest absolute Gasteiger partial charge is 0.494 e. The Kier molecular flexibility index (Phi) is 8.98. The number of amides is 2. The van der Waals surface area contributed by atoms with E-state index in [-0.39, 0.29) is 6.42 Å². The molecule has 1 fully saturated rings. The number of aryl methyl sites for hydroxylation is 4. The van der Waals surface area contributed by atoms with Gasteiger partial charge in [0.1, 0.15) is 17.5 Å². The maximum atomic E-state index is 14.1. The molecule has 0 spiro atoms. The van der Waals surface area contributed by atoms with Gasteiger partial charge < -0.3 is 20.5 Å². The second-order valence-corrected chi connectivity index (χ2v) is 11.5. The molecule has 3 aromatic carbocycles. The lowest BCUT2D eigenvalue weighted by Crippen LogP contribution is -2.56. The molecule has 1 saturated carbocycles. The molecule has 0 radical (unpaired) electrons. The number of rotatable bonds is 8. The molecule has 1 aliphatic carbocycles. The molecule has 2 amide bonds. The van der Waals surface area contributed by atoms with Gasteiger partial charge in [0.2, 0.25) is 11.8 Å². The van der Waals surface area contributed by atoms with Crippen LogP contribution in [0.5, 0.6) is 5.75 Å². The Bertz CT molecular complexity index is 1460. The highest BCUT2D eigenvalue weighted by Crippen LogP contribution is 2.47. The molecule has 3 N–H and O–H groups in total.